The van der Waals surface area contributed by atoms with Gasteiger partial charge in [-0.05, 0) is 24.6 Å². The summed E-state index contributed by atoms with van der Waals surface area (Å²) in [5, 5.41) is 5.70. The van der Waals surface area contributed by atoms with Gasteiger partial charge in [0.25, 0.3) is 0 Å². The van der Waals surface area contributed by atoms with Gasteiger partial charge in [-0.3, -0.25) is 9.69 Å². The number of imidazole rings is 1. The highest BCUT2D eigenvalue weighted by Crippen LogP contribution is 2.21. The van der Waals surface area contributed by atoms with Gasteiger partial charge in [-0.25, -0.2) is 9.78 Å². The molecule has 1 aromatic carbocycles. The van der Waals surface area contributed by atoms with Crippen LogP contribution in [0.5, 0.6) is 0 Å². The summed E-state index contributed by atoms with van der Waals surface area (Å²) in [6.45, 7) is 7.13. The maximum atomic E-state index is 12.6. The maximum Gasteiger partial charge on any atom is 0.321 e. The molecule has 1 aliphatic rings. The number of urea groups is 1. The van der Waals surface area contributed by atoms with Gasteiger partial charge >= 0.3 is 6.03 Å². The van der Waals surface area contributed by atoms with Crippen molar-refractivity contribution >= 4 is 23.3 Å². The number of rotatable bonds is 4. The zero-order valence-corrected chi connectivity index (χ0v) is 16.0. The molecule has 1 saturated heterocycles. The van der Waals surface area contributed by atoms with E-state index in [4.69, 9.17) is 0 Å². The fourth-order valence-electron chi connectivity index (χ4n) is 3.09. The van der Waals surface area contributed by atoms with Gasteiger partial charge in [-0.15, -0.1) is 0 Å². The van der Waals surface area contributed by atoms with Gasteiger partial charge in [0.15, 0.2) is 0 Å². The van der Waals surface area contributed by atoms with Gasteiger partial charge in [0.1, 0.15) is 5.82 Å². The van der Waals surface area contributed by atoms with Crippen LogP contribution >= 0.6 is 0 Å². The van der Waals surface area contributed by atoms with Gasteiger partial charge in [0, 0.05) is 63.9 Å². The van der Waals surface area contributed by atoms with E-state index < -0.39 is 0 Å². The topological polar surface area (TPSA) is 82.5 Å². The lowest BCUT2D eigenvalue weighted by Crippen LogP contribution is -2.49. The number of aryl methyl sites for hydroxylation is 2. The van der Waals surface area contributed by atoms with Crippen LogP contribution in [0.15, 0.2) is 30.6 Å². The Morgan fingerprint density at radius 2 is 1.89 bits per heavy atom. The summed E-state index contributed by atoms with van der Waals surface area (Å²) in [5.74, 6) is 0.887. The first-order chi connectivity index (χ1) is 12.9. The lowest BCUT2D eigenvalue weighted by atomic mass is 10.2. The number of hydrogen-bond donors (Lipinski definition) is 2. The molecule has 2 aromatic rings. The van der Waals surface area contributed by atoms with E-state index in [9.17, 15) is 9.59 Å². The van der Waals surface area contributed by atoms with Crippen molar-refractivity contribution in [2.45, 2.75) is 20.4 Å². The van der Waals surface area contributed by atoms with E-state index in [2.05, 4.69) is 20.5 Å². The summed E-state index contributed by atoms with van der Waals surface area (Å²) in [4.78, 5) is 32.3. The quantitative estimate of drug-likeness (QED) is 0.863. The van der Waals surface area contributed by atoms with Crippen LogP contribution in [0.3, 0.4) is 0 Å². The highest BCUT2D eigenvalue weighted by molar-refractivity contribution is 5.93. The number of hydrogen-bond acceptors (Lipinski definition) is 4. The smallest absolute Gasteiger partial charge is 0.321 e. The summed E-state index contributed by atoms with van der Waals surface area (Å²) in [6.07, 6.45) is 3.74. The van der Waals surface area contributed by atoms with E-state index in [-0.39, 0.29) is 11.9 Å². The van der Waals surface area contributed by atoms with Crippen LogP contribution in [0.2, 0.25) is 0 Å². The molecule has 27 heavy (non-hydrogen) atoms. The highest BCUT2D eigenvalue weighted by Gasteiger charge is 2.22. The first kappa shape index (κ1) is 18.9. The molecule has 3 amide bonds. The molecule has 8 nitrogen and oxygen atoms in total. The largest absolute Gasteiger partial charge is 0.337 e. The van der Waals surface area contributed by atoms with Crippen LogP contribution in [0.1, 0.15) is 18.3 Å². The van der Waals surface area contributed by atoms with Crippen molar-refractivity contribution in [1.29, 1.82) is 0 Å². The Balaban J connectivity index is 1.55. The summed E-state index contributed by atoms with van der Waals surface area (Å²) in [5.41, 5.74) is 2.33. The molecule has 2 N–H and O–H groups in total. The Kier molecular flexibility index (Phi) is 5.75. The summed E-state index contributed by atoms with van der Waals surface area (Å²) >= 11 is 0. The van der Waals surface area contributed by atoms with Crippen LogP contribution in [0.25, 0.3) is 0 Å². The van der Waals surface area contributed by atoms with Crippen molar-refractivity contribution in [2.75, 3.05) is 36.8 Å². The summed E-state index contributed by atoms with van der Waals surface area (Å²) < 4.78 is 2.02. The summed E-state index contributed by atoms with van der Waals surface area (Å²) in [7, 11) is 1.99. The molecule has 3 rings (SSSR count). The third-order valence-electron chi connectivity index (χ3n) is 4.75. The van der Waals surface area contributed by atoms with E-state index in [0.29, 0.717) is 24.5 Å². The fraction of sp³-hybridized carbons (Fsp3) is 0.421. The minimum absolute atomic E-state index is 0.116. The van der Waals surface area contributed by atoms with E-state index in [1.165, 1.54) is 6.92 Å². The van der Waals surface area contributed by atoms with Crippen LogP contribution < -0.4 is 10.6 Å². The molecule has 0 spiro atoms. The van der Waals surface area contributed by atoms with Crippen LogP contribution in [0.4, 0.5) is 16.2 Å². The predicted molar refractivity (Wildman–Crippen MR) is 105 cm³/mol. The van der Waals surface area contributed by atoms with Crippen molar-refractivity contribution in [3.05, 3.63) is 42.0 Å². The Hall–Kier alpha value is -2.87. The third-order valence-corrected chi connectivity index (χ3v) is 4.75. The molecular formula is C19H26N6O2. The normalized spacial score (nSPS) is 14.9. The molecule has 1 aromatic heterocycles. The molecule has 1 aliphatic heterocycles. The fourth-order valence-corrected chi connectivity index (χ4v) is 3.09. The second-order valence-corrected chi connectivity index (χ2v) is 6.86. The minimum Gasteiger partial charge on any atom is -0.337 e. The Morgan fingerprint density at radius 1 is 1.15 bits per heavy atom. The lowest BCUT2D eigenvalue weighted by molar-refractivity contribution is -0.114. The standard InChI is InChI=1S/C19H26N6O2/c1-14-4-5-16(21-15(2)26)12-17(14)22-19(27)25-10-8-24(9-11-25)13-18-20-6-7-23(18)3/h4-7,12H,8-11,13H2,1-3H3,(H,21,26)(H,22,27). The molecule has 0 atom stereocenters. The van der Waals surface area contributed by atoms with Crippen molar-refractivity contribution < 1.29 is 9.59 Å². The highest BCUT2D eigenvalue weighted by atomic mass is 16.2. The van der Waals surface area contributed by atoms with Gasteiger partial charge < -0.3 is 20.1 Å². The minimum atomic E-state index is -0.139. The molecule has 0 radical (unpaired) electrons. The number of aromatic nitrogens is 2. The first-order valence-electron chi connectivity index (χ1n) is 9.05. The van der Waals surface area contributed by atoms with Gasteiger partial charge in [0.2, 0.25) is 5.91 Å². The van der Waals surface area contributed by atoms with Gasteiger partial charge in [0.05, 0.1) is 6.54 Å². The van der Waals surface area contributed by atoms with E-state index in [1.54, 1.807) is 12.3 Å². The SMILES string of the molecule is CC(=O)Nc1ccc(C)c(NC(=O)N2CCN(Cc3nccn3C)CC2)c1. The average Bonchev–Trinajstić information content (AvgIpc) is 3.03. The zero-order valence-electron chi connectivity index (χ0n) is 16.0. The van der Waals surface area contributed by atoms with Crippen LogP contribution in [-0.4, -0.2) is 57.5 Å². The molecule has 1 fully saturated rings. The number of carbonyl (C=O) groups is 2. The average molecular weight is 370 g/mol. The van der Waals surface area contributed by atoms with Crippen LogP contribution in [-0.2, 0) is 18.4 Å². The first-order valence-corrected chi connectivity index (χ1v) is 9.05. The Bertz CT molecular complexity index is 823. The molecule has 144 valence electrons. The maximum absolute atomic E-state index is 12.6. The monoisotopic (exact) mass is 370 g/mol. The molecule has 2 heterocycles. The van der Waals surface area contributed by atoms with E-state index >= 15 is 0 Å². The van der Waals surface area contributed by atoms with E-state index in [0.717, 1.165) is 31.0 Å². The molecule has 0 unspecified atom stereocenters. The predicted octanol–water partition coefficient (Wildman–Crippen LogP) is 2.04. The number of amides is 3. The molecule has 8 heteroatoms. The zero-order chi connectivity index (χ0) is 19.4. The molecule has 0 aliphatic carbocycles. The summed E-state index contributed by atoms with van der Waals surface area (Å²) in [6, 6.07) is 5.37. The Morgan fingerprint density at radius 3 is 2.52 bits per heavy atom. The molecule has 0 bridgehead atoms. The second kappa shape index (κ2) is 8.22. The van der Waals surface area contributed by atoms with E-state index in [1.807, 2.05) is 41.8 Å². The van der Waals surface area contributed by atoms with Gasteiger partial charge in [-0.2, -0.15) is 0 Å². The second-order valence-electron chi connectivity index (χ2n) is 6.86. The number of nitrogens with zero attached hydrogens (tertiary/aromatic N) is 4. The number of anilines is 2. The lowest BCUT2D eigenvalue weighted by Gasteiger charge is -2.34. The number of benzene rings is 1. The molecule has 0 saturated carbocycles. The number of carbonyl (C=O) groups excluding carboxylic acids is 2. The number of piperazine rings is 1. The third kappa shape index (κ3) is 4.85. The van der Waals surface area contributed by atoms with Crippen molar-refractivity contribution in [3.63, 3.8) is 0 Å². The number of nitrogens with one attached hydrogen (secondary N) is 2. The van der Waals surface area contributed by atoms with Gasteiger partial charge in [-0.1, -0.05) is 6.07 Å². The van der Waals surface area contributed by atoms with Crippen molar-refractivity contribution in [3.8, 4) is 0 Å². The molecular weight excluding hydrogens is 344 g/mol. The Labute approximate surface area is 159 Å². The van der Waals surface area contributed by atoms with Crippen LogP contribution in [0, 0.1) is 6.92 Å². The van der Waals surface area contributed by atoms with Crippen molar-refractivity contribution in [2.24, 2.45) is 7.05 Å². The van der Waals surface area contributed by atoms with Crippen molar-refractivity contribution in [1.82, 2.24) is 19.4 Å².